The number of rotatable bonds is 5. The Balaban J connectivity index is 1.71. The van der Waals surface area contributed by atoms with Crippen molar-refractivity contribution in [3.05, 3.63) is 66.4 Å². The van der Waals surface area contributed by atoms with Crippen LogP contribution in [0.5, 0.6) is 0 Å². The van der Waals surface area contributed by atoms with Gasteiger partial charge in [-0.1, -0.05) is 6.07 Å². The summed E-state index contributed by atoms with van der Waals surface area (Å²) in [5.74, 6) is 0. The van der Waals surface area contributed by atoms with Crippen molar-refractivity contribution in [2.24, 2.45) is 0 Å². The molecule has 0 bridgehead atoms. The third-order valence-electron chi connectivity index (χ3n) is 3.45. The molecule has 0 aliphatic rings. The monoisotopic (exact) mass is 279 g/mol. The van der Waals surface area contributed by atoms with Crippen molar-refractivity contribution >= 4 is 0 Å². The molecule has 3 rings (SSSR count). The third kappa shape index (κ3) is 3.14. The van der Waals surface area contributed by atoms with Crippen LogP contribution in [0.2, 0.25) is 0 Å². The first-order valence-corrected chi connectivity index (χ1v) is 6.90. The lowest BCUT2D eigenvalue weighted by Crippen LogP contribution is -2.18. The normalized spacial score (nSPS) is 12.2. The van der Waals surface area contributed by atoms with Crippen LogP contribution in [-0.4, -0.2) is 20.2 Å². The Morgan fingerprint density at radius 3 is 2.62 bits per heavy atom. The van der Waals surface area contributed by atoms with E-state index < -0.39 is 0 Å². The Bertz CT molecular complexity index is 678. The van der Waals surface area contributed by atoms with Gasteiger partial charge in [-0.3, -0.25) is 15.1 Å². The molecule has 0 spiro atoms. The SMILES string of the molecule is C[C@@H](NCc1cn[nH]c1-c1cccnc1)c1cccnc1. The molecule has 3 aromatic rings. The molecule has 0 radical (unpaired) electrons. The maximum atomic E-state index is 4.15. The molecule has 1 atom stereocenters. The van der Waals surface area contributed by atoms with E-state index in [0.29, 0.717) is 0 Å². The van der Waals surface area contributed by atoms with Crippen molar-refractivity contribution in [2.45, 2.75) is 19.5 Å². The van der Waals surface area contributed by atoms with Gasteiger partial charge in [0.2, 0.25) is 0 Å². The Kier molecular flexibility index (Phi) is 4.02. The fraction of sp³-hybridized carbons (Fsp3) is 0.188. The molecule has 5 heteroatoms. The van der Waals surface area contributed by atoms with Gasteiger partial charge in [0.25, 0.3) is 0 Å². The highest BCUT2D eigenvalue weighted by Crippen LogP contribution is 2.20. The van der Waals surface area contributed by atoms with Crippen LogP contribution in [0.3, 0.4) is 0 Å². The number of nitrogens with zero attached hydrogens (tertiary/aromatic N) is 3. The van der Waals surface area contributed by atoms with E-state index in [-0.39, 0.29) is 6.04 Å². The topological polar surface area (TPSA) is 66.5 Å². The molecular formula is C16H17N5. The van der Waals surface area contributed by atoms with Crippen LogP contribution < -0.4 is 5.32 Å². The molecule has 0 aliphatic heterocycles. The smallest absolute Gasteiger partial charge is 0.0710 e. The van der Waals surface area contributed by atoms with Crippen LogP contribution >= 0.6 is 0 Å². The van der Waals surface area contributed by atoms with Crippen molar-refractivity contribution in [3.8, 4) is 11.3 Å². The zero-order valence-electron chi connectivity index (χ0n) is 11.8. The summed E-state index contributed by atoms with van der Waals surface area (Å²) < 4.78 is 0. The molecule has 3 heterocycles. The standard InChI is InChI=1S/C16H17N5/c1-12(13-4-2-6-17-8-13)19-10-15-11-20-21-16(15)14-5-3-7-18-9-14/h2-9,11-12,19H,10H2,1H3,(H,20,21)/t12-/m1/s1. The molecule has 0 aliphatic carbocycles. The predicted octanol–water partition coefficient (Wildman–Crippen LogP) is 2.72. The summed E-state index contributed by atoms with van der Waals surface area (Å²) in [6, 6.07) is 8.20. The second-order valence-corrected chi connectivity index (χ2v) is 4.90. The van der Waals surface area contributed by atoms with E-state index in [0.717, 1.165) is 23.4 Å². The fourth-order valence-electron chi connectivity index (χ4n) is 2.22. The van der Waals surface area contributed by atoms with Crippen molar-refractivity contribution in [2.75, 3.05) is 0 Å². The van der Waals surface area contributed by atoms with Crippen LogP contribution in [0, 0.1) is 0 Å². The van der Waals surface area contributed by atoms with Crippen molar-refractivity contribution in [1.29, 1.82) is 0 Å². The molecule has 0 fully saturated rings. The number of hydrogen-bond acceptors (Lipinski definition) is 4. The van der Waals surface area contributed by atoms with Gasteiger partial charge in [0.15, 0.2) is 0 Å². The largest absolute Gasteiger partial charge is 0.306 e. The van der Waals surface area contributed by atoms with Gasteiger partial charge in [0, 0.05) is 48.5 Å². The summed E-state index contributed by atoms with van der Waals surface area (Å²) in [6.45, 7) is 2.86. The van der Waals surface area contributed by atoms with E-state index in [4.69, 9.17) is 0 Å². The highest BCUT2D eigenvalue weighted by molar-refractivity contribution is 5.61. The van der Waals surface area contributed by atoms with Gasteiger partial charge in [-0.25, -0.2) is 0 Å². The molecule has 3 aromatic heterocycles. The molecular weight excluding hydrogens is 262 g/mol. The molecule has 5 nitrogen and oxygen atoms in total. The highest BCUT2D eigenvalue weighted by Gasteiger charge is 2.10. The van der Waals surface area contributed by atoms with Gasteiger partial charge in [-0.15, -0.1) is 0 Å². The lowest BCUT2D eigenvalue weighted by molar-refractivity contribution is 0.573. The van der Waals surface area contributed by atoms with Gasteiger partial charge in [-0.2, -0.15) is 5.10 Å². The number of aromatic amines is 1. The third-order valence-corrected chi connectivity index (χ3v) is 3.45. The highest BCUT2D eigenvalue weighted by atomic mass is 15.1. The van der Waals surface area contributed by atoms with E-state index in [1.807, 2.05) is 36.8 Å². The van der Waals surface area contributed by atoms with Gasteiger partial charge in [0.1, 0.15) is 0 Å². The number of H-pyrrole nitrogens is 1. The Morgan fingerprint density at radius 2 is 1.90 bits per heavy atom. The van der Waals surface area contributed by atoms with E-state index in [2.05, 4.69) is 38.5 Å². The first-order valence-electron chi connectivity index (χ1n) is 6.90. The minimum atomic E-state index is 0.232. The molecule has 0 amide bonds. The second kappa shape index (κ2) is 6.28. The van der Waals surface area contributed by atoms with E-state index >= 15 is 0 Å². The van der Waals surface area contributed by atoms with Gasteiger partial charge >= 0.3 is 0 Å². The van der Waals surface area contributed by atoms with Crippen LogP contribution in [0.1, 0.15) is 24.1 Å². The summed E-state index contributed by atoms with van der Waals surface area (Å²) in [6.07, 6.45) is 9.12. The van der Waals surface area contributed by atoms with Crippen LogP contribution in [0.25, 0.3) is 11.3 Å². The lowest BCUT2D eigenvalue weighted by Gasteiger charge is -2.13. The summed E-state index contributed by atoms with van der Waals surface area (Å²) in [4.78, 5) is 8.30. The predicted molar refractivity (Wildman–Crippen MR) is 81.3 cm³/mol. The maximum absolute atomic E-state index is 4.15. The van der Waals surface area contributed by atoms with Crippen LogP contribution in [-0.2, 0) is 6.54 Å². The molecule has 2 N–H and O–H groups in total. The number of aromatic nitrogens is 4. The summed E-state index contributed by atoms with van der Waals surface area (Å²) in [5.41, 5.74) is 4.34. The summed E-state index contributed by atoms with van der Waals surface area (Å²) in [7, 11) is 0. The average molecular weight is 279 g/mol. The van der Waals surface area contributed by atoms with Crippen molar-refractivity contribution in [1.82, 2.24) is 25.5 Å². The number of nitrogens with one attached hydrogen (secondary N) is 2. The van der Waals surface area contributed by atoms with Crippen LogP contribution in [0.15, 0.2) is 55.2 Å². The molecule has 0 saturated carbocycles. The number of pyridine rings is 2. The lowest BCUT2D eigenvalue weighted by atomic mass is 10.1. The Hall–Kier alpha value is -2.53. The van der Waals surface area contributed by atoms with Crippen molar-refractivity contribution in [3.63, 3.8) is 0 Å². The minimum Gasteiger partial charge on any atom is -0.306 e. The van der Waals surface area contributed by atoms with Gasteiger partial charge in [-0.05, 0) is 30.7 Å². The maximum Gasteiger partial charge on any atom is 0.0710 e. The molecule has 0 saturated heterocycles. The van der Waals surface area contributed by atoms with Gasteiger partial charge in [0.05, 0.1) is 11.9 Å². The fourth-order valence-corrected chi connectivity index (χ4v) is 2.22. The van der Waals surface area contributed by atoms with E-state index in [9.17, 15) is 0 Å². The zero-order valence-corrected chi connectivity index (χ0v) is 11.8. The van der Waals surface area contributed by atoms with E-state index in [1.54, 1.807) is 12.4 Å². The first kappa shape index (κ1) is 13.5. The molecule has 0 unspecified atom stereocenters. The Labute approximate surface area is 123 Å². The average Bonchev–Trinajstić information content (AvgIpc) is 3.03. The summed E-state index contributed by atoms with van der Waals surface area (Å²) >= 11 is 0. The molecule has 106 valence electrons. The Morgan fingerprint density at radius 1 is 1.10 bits per heavy atom. The second-order valence-electron chi connectivity index (χ2n) is 4.90. The zero-order chi connectivity index (χ0) is 14.5. The number of hydrogen-bond donors (Lipinski definition) is 2. The first-order chi connectivity index (χ1) is 10.3. The summed E-state index contributed by atoms with van der Waals surface area (Å²) in [5, 5.41) is 10.7. The quantitative estimate of drug-likeness (QED) is 0.753. The van der Waals surface area contributed by atoms with E-state index in [1.165, 1.54) is 5.56 Å². The van der Waals surface area contributed by atoms with Crippen LogP contribution in [0.4, 0.5) is 0 Å². The molecule has 21 heavy (non-hydrogen) atoms. The van der Waals surface area contributed by atoms with Gasteiger partial charge < -0.3 is 5.32 Å². The van der Waals surface area contributed by atoms with Crippen molar-refractivity contribution < 1.29 is 0 Å². The minimum absolute atomic E-state index is 0.232. The molecule has 0 aromatic carbocycles.